The predicted octanol–water partition coefficient (Wildman–Crippen LogP) is 7.50. The Bertz CT molecular complexity index is 1260. The van der Waals surface area contributed by atoms with E-state index in [4.69, 9.17) is 4.98 Å². The van der Waals surface area contributed by atoms with Gasteiger partial charge in [0.1, 0.15) is 11.6 Å². The van der Waals surface area contributed by atoms with E-state index < -0.39 is 0 Å². The summed E-state index contributed by atoms with van der Waals surface area (Å²) in [5, 5.41) is 18.4. The molecule has 0 aliphatic heterocycles. The molecule has 0 spiro atoms. The van der Waals surface area contributed by atoms with Crippen molar-refractivity contribution in [1.29, 1.82) is 5.26 Å². The summed E-state index contributed by atoms with van der Waals surface area (Å²) in [6.07, 6.45) is 9.71. The largest absolute Gasteiger partial charge is 0.385 e. The fourth-order valence-electron chi connectivity index (χ4n) is 4.56. The lowest BCUT2D eigenvalue weighted by Crippen LogP contribution is -2.07. The first-order valence-electron chi connectivity index (χ1n) is 12.5. The number of hydrogen-bond donors (Lipinski definition) is 2. The van der Waals surface area contributed by atoms with Crippen molar-refractivity contribution >= 4 is 39.0 Å². The number of fused-ring (bicyclic) bond motifs is 5. The third kappa shape index (κ3) is 4.90. The Morgan fingerprint density at radius 3 is 2.30 bits per heavy atom. The van der Waals surface area contributed by atoms with Crippen molar-refractivity contribution in [2.75, 3.05) is 23.7 Å². The minimum absolute atomic E-state index is 0.620. The summed E-state index contributed by atoms with van der Waals surface area (Å²) in [6.45, 7) is 6.29. The van der Waals surface area contributed by atoms with Gasteiger partial charge >= 0.3 is 0 Å². The van der Waals surface area contributed by atoms with E-state index in [-0.39, 0.29) is 0 Å². The highest BCUT2D eigenvalue weighted by Gasteiger charge is 2.18. The van der Waals surface area contributed by atoms with Crippen molar-refractivity contribution in [3.63, 3.8) is 0 Å². The van der Waals surface area contributed by atoms with Crippen LogP contribution in [-0.2, 0) is 0 Å². The van der Waals surface area contributed by atoms with Gasteiger partial charge in [0.05, 0.1) is 22.2 Å². The molecule has 2 heterocycles. The van der Waals surface area contributed by atoms with E-state index in [0.717, 1.165) is 58.5 Å². The standard InChI is InChI=1S/C28H35N5/c1-3-5-7-11-17-30-21-15-16-22-26(19-21)33-25-14-10-9-13-24(25)32-28(33)23(20-29)27(22)31-18-12-8-6-4-2/h9-10,13-16,19,30-31H,3-8,11-12,17-18H2,1-2H3. The lowest BCUT2D eigenvalue weighted by Gasteiger charge is -2.16. The van der Waals surface area contributed by atoms with Gasteiger partial charge in [0, 0.05) is 24.2 Å². The molecule has 0 saturated carbocycles. The van der Waals surface area contributed by atoms with Gasteiger partial charge in [-0.15, -0.1) is 0 Å². The molecule has 33 heavy (non-hydrogen) atoms. The molecule has 2 N–H and O–H groups in total. The summed E-state index contributed by atoms with van der Waals surface area (Å²) in [5.74, 6) is 0. The van der Waals surface area contributed by atoms with E-state index in [1.807, 2.05) is 18.2 Å². The zero-order valence-electron chi connectivity index (χ0n) is 20.0. The van der Waals surface area contributed by atoms with Gasteiger partial charge in [0.2, 0.25) is 0 Å². The molecule has 0 bridgehead atoms. The molecule has 2 aromatic carbocycles. The maximum absolute atomic E-state index is 10.1. The SMILES string of the molecule is CCCCCCNc1ccc2c(NCCCCCC)c(C#N)c3nc4ccccc4n3c2c1. The molecule has 0 amide bonds. The molecule has 2 aromatic heterocycles. The highest BCUT2D eigenvalue weighted by atomic mass is 15.0. The Hall–Kier alpha value is -3.26. The van der Waals surface area contributed by atoms with Gasteiger partial charge in [-0.05, 0) is 43.2 Å². The molecule has 0 atom stereocenters. The first kappa shape index (κ1) is 22.9. The van der Waals surface area contributed by atoms with E-state index in [0.29, 0.717) is 5.56 Å². The lowest BCUT2D eigenvalue weighted by atomic mass is 10.1. The Morgan fingerprint density at radius 2 is 1.58 bits per heavy atom. The van der Waals surface area contributed by atoms with E-state index in [1.165, 1.54) is 44.9 Å². The zero-order valence-corrected chi connectivity index (χ0v) is 20.0. The fraction of sp³-hybridized carbons (Fsp3) is 0.429. The van der Waals surface area contributed by atoms with Crippen LogP contribution in [-0.4, -0.2) is 22.5 Å². The zero-order chi connectivity index (χ0) is 23.0. The number of hydrogen-bond acceptors (Lipinski definition) is 4. The first-order chi connectivity index (χ1) is 16.3. The van der Waals surface area contributed by atoms with Crippen LogP contribution in [0, 0.1) is 11.3 Å². The number of nitrogens with zero attached hydrogens (tertiary/aromatic N) is 3. The number of aromatic nitrogens is 2. The maximum atomic E-state index is 10.1. The minimum atomic E-state index is 0.620. The summed E-state index contributed by atoms with van der Waals surface area (Å²) in [5.41, 5.74) is 6.37. The molecule has 0 radical (unpaired) electrons. The number of pyridine rings is 1. The highest BCUT2D eigenvalue weighted by molar-refractivity contribution is 6.03. The molecule has 0 aliphatic rings. The molecule has 5 heteroatoms. The second-order valence-corrected chi connectivity index (χ2v) is 8.83. The van der Waals surface area contributed by atoms with Crippen molar-refractivity contribution in [3.8, 4) is 6.07 Å². The predicted molar refractivity (Wildman–Crippen MR) is 140 cm³/mol. The Balaban J connectivity index is 1.78. The number of rotatable bonds is 12. The molecule has 4 rings (SSSR count). The Kier molecular flexibility index (Phi) is 7.67. The monoisotopic (exact) mass is 441 g/mol. The van der Waals surface area contributed by atoms with E-state index in [1.54, 1.807) is 0 Å². The van der Waals surface area contributed by atoms with Crippen LogP contribution in [0.25, 0.3) is 27.6 Å². The van der Waals surface area contributed by atoms with Crippen LogP contribution >= 0.6 is 0 Å². The normalized spacial score (nSPS) is 11.3. The van der Waals surface area contributed by atoms with Gasteiger partial charge in [-0.1, -0.05) is 64.5 Å². The first-order valence-corrected chi connectivity index (χ1v) is 12.5. The second kappa shape index (κ2) is 11.0. The summed E-state index contributed by atoms with van der Waals surface area (Å²) in [6, 6.07) is 17.1. The molecular weight excluding hydrogens is 406 g/mol. The van der Waals surface area contributed by atoms with Crippen molar-refractivity contribution < 1.29 is 0 Å². The molecule has 0 fully saturated rings. The summed E-state index contributed by atoms with van der Waals surface area (Å²) in [4.78, 5) is 4.86. The number of nitrogens with one attached hydrogen (secondary N) is 2. The quantitative estimate of drug-likeness (QED) is 0.223. The number of imidazole rings is 1. The minimum Gasteiger partial charge on any atom is -0.385 e. The second-order valence-electron chi connectivity index (χ2n) is 8.83. The van der Waals surface area contributed by atoms with Crippen LogP contribution in [0.2, 0.25) is 0 Å². The van der Waals surface area contributed by atoms with Gasteiger partial charge < -0.3 is 10.6 Å². The van der Waals surface area contributed by atoms with Gasteiger partial charge in [0.15, 0.2) is 5.65 Å². The van der Waals surface area contributed by atoms with Gasteiger partial charge in [0.25, 0.3) is 0 Å². The van der Waals surface area contributed by atoms with E-state index >= 15 is 0 Å². The molecule has 0 saturated heterocycles. The number of para-hydroxylation sites is 2. The van der Waals surface area contributed by atoms with Crippen molar-refractivity contribution in [2.24, 2.45) is 0 Å². The van der Waals surface area contributed by atoms with Crippen LogP contribution < -0.4 is 10.6 Å². The molecular formula is C28H35N5. The molecule has 5 nitrogen and oxygen atoms in total. The van der Waals surface area contributed by atoms with Crippen LogP contribution in [0.1, 0.15) is 70.8 Å². The van der Waals surface area contributed by atoms with Crippen LogP contribution in [0.15, 0.2) is 42.5 Å². The summed E-state index contributed by atoms with van der Waals surface area (Å²) < 4.78 is 2.15. The van der Waals surface area contributed by atoms with Crippen molar-refractivity contribution in [3.05, 3.63) is 48.0 Å². The molecule has 0 unspecified atom stereocenters. The average Bonchev–Trinajstić information content (AvgIpc) is 3.23. The van der Waals surface area contributed by atoms with Crippen molar-refractivity contribution in [2.45, 2.75) is 65.2 Å². The maximum Gasteiger partial charge on any atom is 0.158 e. The Morgan fingerprint density at radius 1 is 0.848 bits per heavy atom. The molecule has 172 valence electrons. The van der Waals surface area contributed by atoms with E-state index in [2.05, 4.69) is 59.2 Å². The average molecular weight is 442 g/mol. The highest BCUT2D eigenvalue weighted by Crippen LogP contribution is 2.35. The van der Waals surface area contributed by atoms with Crippen molar-refractivity contribution in [1.82, 2.24) is 9.38 Å². The number of unbranched alkanes of at least 4 members (excludes halogenated alkanes) is 6. The summed E-state index contributed by atoms with van der Waals surface area (Å²) in [7, 11) is 0. The molecule has 4 aromatic rings. The third-order valence-electron chi connectivity index (χ3n) is 6.35. The van der Waals surface area contributed by atoms with Crippen LogP contribution in [0.3, 0.4) is 0 Å². The number of nitriles is 1. The fourth-order valence-corrected chi connectivity index (χ4v) is 4.56. The van der Waals surface area contributed by atoms with Gasteiger partial charge in [-0.3, -0.25) is 4.40 Å². The topological polar surface area (TPSA) is 65.1 Å². The van der Waals surface area contributed by atoms with Crippen LogP contribution in [0.4, 0.5) is 11.4 Å². The smallest absolute Gasteiger partial charge is 0.158 e. The third-order valence-corrected chi connectivity index (χ3v) is 6.35. The number of anilines is 2. The summed E-state index contributed by atoms with van der Waals surface area (Å²) >= 11 is 0. The van der Waals surface area contributed by atoms with E-state index in [9.17, 15) is 5.26 Å². The molecule has 0 aliphatic carbocycles. The Labute approximate surface area is 196 Å². The lowest BCUT2D eigenvalue weighted by molar-refractivity contribution is 0.685. The number of benzene rings is 2. The van der Waals surface area contributed by atoms with Gasteiger partial charge in [-0.2, -0.15) is 5.26 Å². The van der Waals surface area contributed by atoms with Crippen LogP contribution in [0.5, 0.6) is 0 Å². The van der Waals surface area contributed by atoms with Gasteiger partial charge in [-0.25, -0.2) is 4.98 Å².